The second-order valence-electron chi connectivity index (χ2n) is 3.17. The fraction of sp³-hybridized carbons (Fsp3) is 0.400. The Kier molecular flexibility index (Phi) is 3.01. The van der Waals surface area contributed by atoms with E-state index >= 15 is 0 Å². The van der Waals surface area contributed by atoms with Gasteiger partial charge in [0.1, 0.15) is 5.75 Å². The number of hydrogen-bond acceptors (Lipinski definition) is 3. The van der Waals surface area contributed by atoms with Crippen LogP contribution in [0.5, 0.6) is 5.75 Å². The number of nitrogen functional groups attached to an aromatic ring is 1. The average molecular weight is 180 g/mol. The van der Waals surface area contributed by atoms with Gasteiger partial charge in [0.05, 0.1) is 11.8 Å². The highest BCUT2D eigenvalue weighted by molar-refractivity contribution is 5.61. The van der Waals surface area contributed by atoms with Crippen molar-refractivity contribution in [2.45, 2.75) is 20.0 Å². The van der Waals surface area contributed by atoms with Crippen LogP contribution in [0.4, 0.5) is 11.4 Å². The summed E-state index contributed by atoms with van der Waals surface area (Å²) in [6, 6.07) is 5.65. The molecule has 0 saturated heterocycles. The summed E-state index contributed by atoms with van der Waals surface area (Å²) in [7, 11) is 1.87. The van der Waals surface area contributed by atoms with E-state index in [0.717, 1.165) is 11.4 Å². The lowest BCUT2D eigenvalue weighted by Gasteiger charge is -2.13. The molecular formula is C10H16N2O. The Bertz CT molecular complexity index is 284. The molecule has 3 N–H and O–H groups in total. The van der Waals surface area contributed by atoms with E-state index in [1.54, 1.807) is 0 Å². The molecule has 0 atom stereocenters. The molecule has 3 nitrogen and oxygen atoms in total. The fourth-order valence-electron chi connectivity index (χ4n) is 1.05. The first-order valence-corrected chi connectivity index (χ1v) is 4.37. The first kappa shape index (κ1) is 9.71. The van der Waals surface area contributed by atoms with Crippen LogP contribution in [-0.2, 0) is 0 Å². The normalized spacial score (nSPS) is 10.2. The summed E-state index contributed by atoms with van der Waals surface area (Å²) in [6.45, 7) is 3.96. The van der Waals surface area contributed by atoms with E-state index in [0.29, 0.717) is 5.69 Å². The third-order valence-electron chi connectivity index (χ3n) is 1.66. The van der Waals surface area contributed by atoms with E-state index in [9.17, 15) is 0 Å². The van der Waals surface area contributed by atoms with Crippen molar-refractivity contribution in [1.29, 1.82) is 0 Å². The Morgan fingerprint density at radius 2 is 2.08 bits per heavy atom. The standard InChI is InChI=1S/C10H16N2O/c1-7(2)13-10-6-8(12-3)4-5-9(10)11/h4-7,12H,11H2,1-3H3. The van der Waals surface area contributed by atoms with Gasteiger partial charge in [-0.1, -0.05) is 0 Å². The van der Waals surface area contributed by atoms with Gasteiger partial charge in [-0.25, -0.2) is 0 Å². The second kappa shape index (κ2) is 4.03. The van der Waals surface area contributed by atoms with Crippen LogP contribution in [0, 0.1) is 0 Å². The molecule has 0 aliphatic carbocycles. The highest BCUT2D eigenvalue weighted by atomic mass is 16.5. The van der Waals surface area contributed by atoms with Crippen molar-refractivity contribution in [1.82, 2.24) is 0 Å². The number of benzene rings is 1. The van der Waals surface area contributed by atoms with Crippen molar-refractivity contribution in [3.63, 3.8) is 0 Å². The molecule has 0 aromatic heterocycles. The third-order valence-corrected chi connectivity index (χ3v) is 1.66. The molecule has 0 radical (unpaired) electrons. The molecule has 72 valence electrons. The molecule has 3 heteroatoms. The quantitative estimate of drug-likeness (QED) is 0.700. The van der Waals surface area contributed by atoms with Gasteiger partial charge in [-0.2, -0.15) is 0 Å². The zero-order valence-corrected chi connectivity index (χ0v) is 8.29. The van der Waals surface area contributed by atoms with Gasteiger partial charge in [-0.3, -0.25) is 0 Å². The molecule has 1 rings (SSSR count). The van der Waals surface area contributed by atoms with Gasteiger partial charge in [-0.05, 0) is 26.0 Å². The molecular weight excluding hydrogens is 164 g/mol. The van der Waals surface area contributed by atoms with Crippen LogP contribution in [0.15, 0.2) is 18.2 Å². The maximum absolute atomic E-state index is 5.74. The van der Waals surface area contributed by atoms with Crippen LogP contribution < -0.4 is 15.8 Å². The van der Waals surface area contributed by atoms with E-state index in [1.807, 2.05) is 39.1 Å². The number of rotatable bonds is 3. The fourth-order valence-corrected chi connectivity index (χ4v) is 1.05. The maximum atomic E-state index is 5.74. The molecule has 0 saturated carbocycles. The SMILES string of the molecule is CNc1ccc(N)c(OC(C)C)c1. The first-order chi connectivity index (χ1) is 6.13. The first-order valence-electron chi connectivity index (χ1n) is 4.37. The highest BCUT2D eigenvalue weighted by Crippen LogP contribution is 2.25. The Hall–Kier alpha value is -1.38. The Labute approximate surface area is 78.9 Å². The van der Waals surface area contributed by atoms with E-state index in [4.69, 9.17) is 10.5 Å². The van der Waals surface area contributed by atoms with Crippen molar-refractivity contribution >= 4 is 11.4 Å². The van der Waals surface area contributed by atoms with Gasteiger partial charge in [0.2, 0.25) is 0 Å². The monoisotopic (exact) mass is 180 g/mol. The van der Waals surface area contributed by atoms with Crippen molar-refractivity contribution in [2.24, 2.45) is 0 Å². The lowest BCUT2D eigenvalue weighted by atomic mass is 10.2. The maximum Gasteiger partial charge on any atom is 0.144 e. The average Bonchev–Trinajstić information content (AvgIpc) is 2.08. The zero-order valence-electron chi connectivity index (χ0n) is 8.29. The van der Waals surface area contributed by atoms with E-state index in [2.05, 4.69) is 5.32 Å². The minimum absolute atomic E-state index is 0.148. The van der Waals surface area contributed by atoms with Gasteiger partial charge in [0.15, 0.2) is 0 Å². The molecule has 1 aromatic rings. The Morgan fingerprint density at radius 1 is 1.38 bits per heavy atom. The molecule has 0 heterocycles. The minimum atomic E-state index is 0.148. The summed E-state index contributed by atoms with van der Waals surface area (Å²) in [5.41, 5.74) is 7.42. The van der Waals surface area contributed by atoms with Crippen LogP contribution >= 0.6 is 0 Å². The summed E-state index contributed by atoms with van der Waals surface area (Å²) in [5, 5.41) is 3.03. The molecule has 0 aliphatic rings. The van der Waals surface area contributed by atoms with E-state index in [-0.39, 0.29) is 6.10 Å². The predicted molar refractivity (Wildman–Crippen MR) is 56.2 cm³/mol. The predicted octanol–water partition coefficient (Wildman–Crippen LogP) is 2.10. The van der Waals surface area contributed by atoms with Crippen LogP contribution in [0.25, 0.3) is 0 Å². The topological polar surface area (TPSA) is 47.3 Å². The molecule has 0 aliphatic heterocycles. The third kappa shape index (κ3) is 2.54. The molecule has 13 heavy (non-hydrogen) atoms. The lowest BCUT2D eigenvalue weighted by Crippen LogP contribution is -2.07. The lowest BCUT2D eigenvalue weighted by molar-refractivity contribution is 0.244. The summed E-state index contributed by atoms with van der Waals surface area (Å²) in [5.74, 6) is 0.738. The van der Waals surface area contributed by atoms with Gasteiger partial charge in [0.25, 0.3) is 0 Å². The van der Waals surface area contributed by atoms with Crippen molar-refractivity contribution < 1.29 is 4.74 Å². The van der Waals surface area contributed by atoms with Gasteiger partial charge in [0, 0.05) is 18.8 Å². The summed E-state index contributed by atoms with van der Waals surface area (Å²) in [4.78, 5) is 0. The number of anilines is 2. The second-order valence-corrected chi connectivity index (χ2v) is 3.17. The smallest absolute Gasteiger partial charge is 0.144 e. The molecule has 0 amide bonds. The van der Waals surface area contributed by atoms with Gasteiger partial charge < -0.3 is 15.8 Å². The van der Waals surface area contributed by atoms with Gasteiger partial charge >= 0.3 is 0 Å². The van der Waals surface area contributed by atoms with E-state index < -0.39 is 0 Å². The van der Waals surface area contributed by atoms with Gasteiger partial charge in [-0.15, -0.1) is 0 Å². The molecule has 0 spiro atoms. The Morgan fingerprint density at radius 3 is 2.62 bits per heavy atom. The minimum Gasteiger partial charge on any atom is -0.489 e. The number of nitrogens with two attached hydrogens (primary N) is 1. The highest BCUT2D eigenvalue weighted by Gasteiger charge is 2.03. The number of nitrogens with one attached hydrogen (secondary N) is 1. The van der Waals surface area contributed by atoms with Crippen LogP contribution in [-0.4, -0.2) is 13.2 Å². The summed E-state index contributed by atoms with van der Waals surface area (Å²) >= 11 is 0. The largest absolute Gasteiger partial charge is 0.489 e. The number of ether oxygens (including phenoxy) is 1. The summed E-state index contributed by atoms with van der Waals surface area (Å²) in [6.07, 6.45) is 0.148. The van der Waals surface area contributed by atoms with Crippen molar-refractivity contribution in [2.75, 3.05) is 18.1 Å². The Balaban J connectivity index is 2.90. The van der Waals surface area contributed by atoms with Crippen LogP contribution in [0.1, 0.15) is 13.8 Å². The zero-order chi connectivity index (χ0) is 9.84. The van der Waals surface area contributed by atoms with Crippen LogP contribution in [0.3, 0.4) is 0 Å². The molecule has 1 aromatic carbocycles. The molecule has 0 fully saturated rings. The molecule has 0 bridgehead atoms. The van der Waals surface area contributed by atoms with Crippen molar-refractivity contribution in [3.8, 4) is 5.75 Å². The molecule has 0 unspecified atom stereocenters. The van der Waals surface area contributed by atoms with E-state index in [1.165, 1.54) is 0 Å². The number of hydrogen-bond donors (Lipinski definition) is 2. The van der Waals surface area contributed by atoms with Crippen LogP contribution in [0.2, 0.25) is 0 Å². The summed E-state index contributed by atoms with van der Waals surface area (Å²) < 4.78 is 5.52. The van der Waals surface area contributed by atoms with Crippen molar-refractivity contribution in [3.05, 3.63) is 18.2 Å².